The summed E-state index contributed by atoms with van der Waals surface area (Å²) >= 11 is 0. The largest absolute Gasteiger partial charge is 0.381 e. The standard InChI is InChI=1S/C32H37N7O3S/c1-21-30(37(2)36-35-21)24-19-26-29(34-20-24)28-25(38-15-13-33-14-16-38)9-10-27(43(3,40)41)32(28)39(26)31(22-7-5-4-6-8-22)23-11-17-42-18-12-23/h4-10,19-20,23,31,33H,11-18H2,1-3H3/t31-/m1/s1. The number of nitrogens with zero attached hydrogens (tertiary/aromatic N) is 6. The summed E-state index contributed by atoms with van der Waals surface area (Å²) in [6.07, 6.45) is 4.94. The topological polar surface area (TPSA) is 107 Å². The number of aryl methyl sites for hydroxylation is 2. The fraction of sp³-hybridized carbons (Fsp3) is 0.406. The van der Waals surface area contributed by atoms with Crippen LogP contribution in [0.15, 0.2) is 59.6 Å². The lowest BCUT2D eigenvalue weighted by atomic mass is 9.86. The Labute approximate surface area is 251 Å². The summed E-state index contributed by atoms with van der Waals surface area (Å²) in [7, 11) is -1.71. The molecule has 2 fully saturated rings. The highest BCUT2D eigenvalue weighted by Crippen LogP contribution is 2.45. The minimum atomic E-state index is -3.59. The van der Waals surface area contributed by atoms with Crippen molar-refractivity contribution in [3.05, 3.63) is 66.0 Å². The van der Waals surface area contributed by atoms with E-state index in [-0.39, 0.29) is 12.0 Å². The van der Waals surface area contributed by atoms with Crippen molar-refractivity contribution in [3.63, 3.8) is 0 Å². The molecule has 1 N–H and O–H groups in total. The zero-order valence-electron chi connectivity index (χ0n) is 24.8. The van der Waals surface area contributed by atoms with Crippen LogP contribution in [0, 0.1) is 12.8 Å². The van der Waals surface area contributed by atoms with Gasteiger partial charge in [0.05, 0.1) is 44.3 Å². The molecule has 2 aliphatic rings. The second-order valence-corrected chi connectivity index (χ2v) is 13.7. The van der Waals surface area contributed by atoms with Crippen LogP contribution < -0.4 is 10.2 Å². The third-order valence-electron chi connectivity index (χ3n) is 8.98. The normalized spacial score (nSPS) is 17.6. The molecule has 0 bridgehead atoms. The molecule has 0 unspecified atom stereocenters. The molecule has 2 saturated heterocycles. The van der Waals surface area contributed by atoms with Crippen LogP contribution in [0.3, 0.4) is 0 Å². The van der Waals surface area contributed by atoms with E-state index in [9.17, 15) is 8.42 Å². The average molecular weight is 600 g/mol. The van der Waals surface area contributed by atoms with E-state index in [0.29, 0.717) is 18.1 Å². The van der Waals surface area contributed by atoms with Crippen LogP contribution in [0.4, 0.5) is 5.69 Å². The van der Waals surface area contributed by atoms with Gasteiger partial charge in [0, 0.05) is 70.1 Å². The van der Waals surface area contributed by atoms with Crippen molar-refractivity contribution in [2.24, 2.45) is 13.0 Å². The predicted molar refractivity (Wildman–Crippen MR) is 168 cm³/mol. The minimum absolute atomic E-state index is 0.119. The van der Waals surface area contributed by atoms with Crippen molar-refractivity contribution in [2.75, 3.05) is 50.5 Å². The lowest BCUT2D eigenvalue weighted by Gasteiger charge is -2.34. The van der Waals surface area contributed by atoms with E-state index in [1.165, 1.54) is 6.26 Å². The highest BCUT2D eigenvalue weighted by molar-refractivity contribution is 7.91. The number of benzene rings is 2. The summed E-state index contributed by atoms with van der Waals surface area (Å²) in [5.74, 6) is 0.244. The van der Waals surface area contributed by atoms with Gasteiger partial charge < -0.3 is 19.5 Å². The van der Waals surface area contributed by atoms with Crippen molar-refractivity contribution in [1.29, 1.82) is 0 Å². The fourth-order valence-corrected chi connectivity index (χ4v) is 7.91. The summed E-state index contributed by atoms with van der Waals surface area (Å²) < 4.78 is 36.9. The molecule has 5 aromatic rings. The van der Waals surface area contributed by atoms with E-state index in [1.807, 2.05) is 32.3 Å². The number of hydrogen-bond donors (Lipinski definition) is 1. The van der Waals surface area contributed by atoms with E-state index < -0.39 is 9.84 Å². The maximum absolute atomic E-state index is 13.5. The van der Waals surface area contributed by atoms with E-state index in [2.05, 4.69) is 55.4 Å². The number of sulfone groups is 1. The number of fused-ring (bicyclic) bond motifs is 3. The Hall–Kier alpha value is -3.80. The van der Waals surface area contributed by atoms with Crippen LogP contribution in [-0.2, 0) is 21.6 Å². The van der Waals surface area contributed by atoms with Crippen LogP contribution >= 0.6 is 0 Å². The molecule has 0 amide bonds. The van der Waals surface area contributed by atoms with Gasteiger partial charge in [0.15, 0.2) is 9.84 Å². The highest BCUT2D eigenvalue weighted by atomic mass is 32.2. The molecule has 2 aliphatic heterocycles. The van der Waals surface area contributed by atoms with E-state index in [1.54, 1.807) is 10.7 Å². The van der Waals surface area contributed by atoms with Gasteiger partial charge in [0.2, 0.25) is 0 Å². The second kappa shape index (κ2) is 11.0. The highest BCUT2D eigenvalue weighted by Gasteiger charge is 2.34. The van der Waals surface area contributed by atoms with Gasteiger partial charge in [-0.2, -0.15) is 0 Å². The molecule has 1 atom stereocenters. The van der Waals surface area contributed by atoms with Gasteiger partial charge in [0.25, 0.3) is 0 Å². The Kier molecular flexibility index (Phi) is 7.19. The Bertz CT molecular complexity index is 1880. The van der Waals surface area contributed by atoms with Gasteiger partial charge in [-0.05, 0) is 49.4 Å². The zero-order valence-corrected chi connectivity index (χ0v) is 25.6. The first-order valence-corrected chi connectivity index (χ1v) is 16.8. The van der Waals surface area contributed by atoms with E-state index in [0.717, 1.165) is 89.2 Å². The summed E-state index contributed by atoms with van der Waals surface area (Å²) in [4.78, 5) is 7.80. The lowest BCUT2D eigenvalue weighted by molar-refractivity contribution is 0.0552. The van der Waals surface area contributed by atoms with Crippen molar-refractivity contribution in [3.8, 4) is 11.3 Å². The molecule has 5 heterocycles. The number of hydrogen-bond acceptors (Lipinski definition) is 8. The second-order valence-electron chi connectivity index (χ2n) is 11.7. The van der Waals surface area contributed by atoms with Crippen LogP contribution in [0.1, 0.15) is 30.1 Å². The van der Waals surface area contributed by atoms with Crippen molar-refractivity contribution < 1.29 is 13.2 Å². The molecular weight excluding hydrogens is 562 g/mol. The summed E-state index contributed by atoms with van der Waals surface area (Å²) in [6, 6.07) is 16.3. The average Bonchev–Trinajstić information content (AvgIpc) is 3.54. The summed E-state index contributed by atoms with van der Waals surface area (Å²) in [6.45, 7) is 6.71. The molecule has 11 heteroatoms. The molecule has 0 spiro atoms. The van der Waals surface area contributed by atoms with Crippen LogP contribution in [-0.4, -0.2) is 78.6 Å². The third kappa shape index (κ3) is 4.89. The molecule has 3 aromatic heterocycles. The first kappa shape index (κ1) is 28.0. The third-order valence-corrected chi connectivity index (χ3v) is 10.1. The Morgan fingerprint density at radius 2 is 1.79 bits per heavy atom. The number of aromatic nitrogens is 5. The zero-order chi connectivity index (χ0) is 29.7. The minimum Gasteiger partial charge on any atom is -0.381 e. The molecule has 224 valence electrons. The smallest absolute Gasteiger partial charge is 0.177 e. The first-order chi connectivity index (χ1) is 20.8. The number of piperazine rings is 1. The van der Waals surface area contributed by atoms with E-state index in [4.69, 9.17) is 9.72 Å². The van der Waals surface area contributed by atoms with Crippen molar-refractivity contribution >= 4 is 37.5 Å². The van der Waals surface area contributed by atoms with Gasteiger partial charge in [-0.15, -0.1) is 5.10 Å². The van der Waals surface area contributed by atoms with Gasteiger partial charge in [-0.3, -0.25) is 4.98 Å². The molecule has 2 aromatic carbocycles. The number of pyridine rings is 1. The first-order valence-electron chi connectivity index (χ1n) is 14.9. The number of anilines is 1. The van der Waals surface area contributed by atoms with Gasteiger partial charge in [0.1, 0.15) is 0 Å². The number of nitrogens with one attached hydrogen (secondary N) is 1. The molecule has 43 heavy (non-hydrogen) atoms. The Morgan fingerprint density at radius 1 is 1.05 bits per heavy atom. The van der Waals surface area contributed by atoms with Crippen LogP contribution in [0.5, 0.6) is 0 Å². The molecule has 0 saturated carbocycles. The van der Waals surface area contributed by atoms with Crippen LogP contribution in [0.2, 0.25) is 0 Å². The summed E-state index contributed by atoms with van der Waals surface area (Å²) in [5.41, 5.74) is 7.18. The number of ether oxygens (including phenoxy) is 1. The lowest BCUT2D eigenvalue weighted by Crippen LogP contribution is -2.43. The SMILES string of the molecule is Cc1nnn(C)c1-c1cnc2c3c(N4CCNCC4)ccc(S(C)(=O)=O)c3n([C@H](c3ccccc3)C3CCOCC3)c2c1. The van der Waals surface area contributed by atoms with E-state index >= 15 is 0 Å². The maximum atomic E-state index is 13.5. The van der Waals surface area contributed by atoms with Gasteiger partial charge in [-0.1, -0.05) is 35.5 Å². The molecule has 0 aliphatic carbocycles. The fourth-order valence-electron chi connectivity index (χ4n) is 7.04. The molecule has 10 nitrogen and oxygen atoms in total. The predicted octanol–water partition coefficient (Wildman–Crippen LogP) is 4.12. The Balaban J connectivity index is 1.63. The number of rotatable bonds is 6. The van der Waals surface area contributed by atoms with Gasteiger partial charge >= 0.3 is 0 Å². The monoisotopic (exact) mass is 599 g/mol. The van der Waals surface area contributed by atoms with Crippen molar-refractivity contribution in [2.45, 2.75) is 30.7 Å². The molecule has 7 rings (SSSR count). The molecule has 0 radical (unpaired) electrons. The molecular formula is C32H37N7O3S. The Morgan fingerprint density at radius 3 is 2.47 bits per heavy atom. The van der Waals surface area contributed by atoms with Crippen molar-refractivity contribution in [1.82, 2.24) is 29.9 Å². The summed E-state index contributed by atoms with van der Waals surface area (Å²) in [5, 5.41) is 12.9. The van der Waals surface area contributed by atoms with Crippen LogP contribution in [0.25, 0.3) is 33.2 Å². The quantitative estimate of drug-likeness (QED) is 0.311. The van der Waals surface area contributed by atoms with Gasteiger partial charge in [-0.25, -0.2) is 13.1 Å². The maximum Gasteiger partial charge on any atom is 0.177 e.